The highest BCUT2D eigenvalue weighted by Crippen LogP contribution is 2.32. The first-order valence-electron chi connectivity index (χ1n) is 8.04. The summed E-state index contributed by atoms with van der Waals surface area (Å²) in [6, 6.07) is 10.1. The molecule has 0 aromatic heterocycles. The molecule has 1 aliphatic carbocycles. The largest absolute Gasteiger partial charge is 0.324 e. The highest BCUT2D eigenvalue weighted by molar-refractivity contribution is 5.81. The molecule has 2 N–H and O–H groups in total. The molecule has 0 saturated heterocycles. The average Bonchev–Trinajstić information content (AvgIpc) is 2.53. The molecule has 1 saturated carbocycles. The van der Waals surface area contributed by atoms with Crippen molar-refractivity contribution in [3.05, 3.63) is 35.9 Å². The van der Waals surface area contributed by atoms with Crippen LogP contribution in [0.5, 0.6) is 0 Å². The summed E-state index contributed by atoms with van der Waals surface area (Å²) in [4.78, 5) is 12.3. The van der Waals surface area contributed by atoms with E-state index in [1.54, 1.807) is 0 Å². The number of hydrogen-bond acceptors (Lipinski definition) is 2. The molecule has 0 amide bonds. The third kappa shape index (κ3) is 4.17. The number of benzene rings is 1. The Labute approximate surface area is 122 Å². The molecule has 0 heterocycles. The van der Waals surface area contributed by atoms with Crippen LogP contribution >= 0.6 is 0 Å². The van der Waals surface area contributed by atoms with Gasteiger partial charge in [0.05, 0.1) is 0 Å². The molecule has 20 heavy (non-hydrogen) atoms. The molecule has 2 nitrogen and oxygen atoms in total. The van der Waals surface area contributed by atoms with Crippen molar-refractivity contribution in [1.29, 1.82) is 0 Å². The first-order chi connectivity index (χ1) is 9.70. The van der Waals surface area contributed by atoms with Crippen molar-refractivity contribution in [2.75, 3.05) is 0 Å². The van der Waals surface area contributed by atoms with E-state index in [2.05, 4.69) is 6.92 Å². The normalized spacial score (nSPS) is 24.3. The molecule has 110 valence electrons. The van der Waals surface area contributed by atoms with Gasteiger partial charge in [0.25, 0.3) is 0 Å². The fourth-order valence-corrected chi connectivity index (χ4v) is 3.32. The minimum absolute atomic E-state index is 0.00860. The number of hydrogen-bond donors (Lipinski definition) is 1. The Morgan fingerprint density at radius 2 is 2.05 bits per heavy atom. The molecule has 0 spiro atoms. The number of Topliss-reactive ketones (excluding diaryl/α,β-unsaturated/α-hetero) is 1. The van der Waals surface area contributed by atoms with E-state index in [1.807, 2.05) is 30.3 Å². The molecular formula is C18H27NO. The standard InChI is InChI=1S/C18H27NO/c1-2-14-7-6-10-16(13-14)18(20)12-11-17(19)15-8-4-3-5-9-15/h3-5,8-9,14,16-17H,2,6-7,10-13,19H2,1H3. The van der Waals surface area contributed by atoms with Crippen LogP contribution in [-0.2, 0) is 4.79 Å². The van der Waals surface area contributed by atoms with E-state index in [4.69, 9.17) is 5.73 Å². The molecule has 2 rings (SSSR count). The van der Waals surface area contributed by atoms with Gasteiger partial charge < -0.3 is 5.73 Å². The lowest BCUT2D eigenvalue weighted by atomic mass is 9.77. The second-order valence-corrected chi connectivity index (χ2v) is 6.16. The van der Waals surface area contributed by atoms with Gasteiger partial charge in [0.1, 0.15) is 5.78 Å². The highest BCUT2D eigenvalue weighted by atomic mass is 16.1. The SMILES string of the molecule is CCC1CCCC(C(=O)CCC(N)c2ccccc2)C1. The molecular weight excluding hydrogens is 246 g/mol. The summed E-state index contributed by atoms with van der Waals surface area (Å²) in [5.74, 6) is 1.51. The Balaban J connectivity index is 1.80. The van der Waals surface area contributed by atoms with Crippen LogP contribution in [-0.4, -0.2) is 5.78 Å². The molecule has 2 heteroatoms. The summed E-state index contributed by atoms with van der Waals surface area (Å²) >= 11 is 0. The number of carbonyl (C=O) groups is 1. The molecule has 1 aromatic carbocycles. The van der Waals surface area contributed by atoms with Crippen molar-refractivity contribution in [3.8, 4) is 0 Å². The number of rotatable bonds is 6. The second-order valence-electron chi connectivity index (χ2n) is 6.16. The van der Waals surface area contributed by atoms with Crippen LogP contribution in [0.25, 0.3) is 0 Å². The topological polar surface area (TPSA) is 43.1 Å². The summed E-state index contributed by atoms with van der Waals surface area (Å²) < 4.78 is 0. The van der Waals surface area contributed by atoms with Gasteiger partial charge in [-0.25, -0.2) is 0 Å². The quantitative estimate of drug-likeness (QED) is 0.842. The van der Waals surface area contributed by atoms with E-state index in [-0.39, 0.29) is 6.04 Å². The van der Waals surface area contributed by atoms with Crippen molar-refractivity contribution in [2.45, 2.75) is 57.9 Å². The molecule has 1 aliphatic rings. The van der Waals surface area contributed by atoms with E-state index in [9.17, 15) is 4.79 Å². The van der Waals surface area contributed by atoms with E-state index in [0.29, 0.717) is 18.1 Å². The summed E-state index contributed by atoms with van der Waals surface area (Å²) in [5, 5.41) is 0. The van der Waals surface area contributed by atoms with Crippen LogP contribution in [0.4, 0.5) is 0 Å². The molecule has 3 atom stereocenters. The van der Waals surface area contributed by atoms with Gasteiger partial charge in [-0.2, -0.15) is 0 Å². The van der Waals surface area contributed by atoms with Gasteiger partial charge in [-0.1, -0.05) is 56.5 Å². The molecule has 3 unspecified atom stereocenters. The predicted molar refractivity (Wildman–Crippen MR) is 83.4 cm³/mol. The fraction of sp³-hybridized carbons (Fsp3) is 0.611. The van der Waals surface area contributed by atoms with Crippen molar-refractivity contribution in [1.82, 2.24) is 0 Å². The highest BCUT2D eigenvalue weighted by Gasteiger charge is 2.26. The van der Waals surface area contributed by atoms with Gasteiger partial charge in [0, 0.05) is 18.4 Å². The van der Waals surface area contributed by atoms with Crippen LogP contribution in [0.1, 0.15) is 63.5 Å². The average molecular weight is 273 g/mol. The maximum absolute atomic E-state index is 12.3. The second kappa shape index (κ2) is 7.58. The molecule has 0 bridgehead atoms. The lowest BCUT2D eigenvalue weighted by molar-refractivity contribution is -0.124. The summed E-state index contributed by atoms with van der Waals surface area (Å²) in [6.07, 6.45) is 7.36. The van der Waals surface area contributed by atoms with Gasteiger partial charge >= 0.3 is 0 Å². The smallest absolute Gasteiger partial charge is 0.136 e. The molecule has 0 aliphatic heterocycles. The summed E-state index contributed by atoms with van der Waals surface area (Å²) in [7, 11) is 0. The molecule has 0 radical (unpaired) electrons. The zero-order valence-electron chi connectivity index (χ0n) is 12.6. The summed E-state index contributed by atoms with van der Waals surface area (Å²) in [6.45, 7) is 2.24. The first kappa shape index (κ1) is 15.2. The summed E-state index contributed by atoms with van der Waals surface area (Å²) in [5.41, 5.74) is 7.31. The van der Waals surface area contributed by atoms with Crippen LogP contribution in [0.2, 0.25) is 0 Å². The van der Waals surface area contributed by atoms with E-state index in [1.165, 1.54) is 19.3 Å². The maximum Gasteiger partial charge on any atom is 0.136 e. The van der Waals surface area contributed by atoms with Crippen LogP contribution in [0, 0.1) is 11.8 Å². The van der Waals surface area contributed by atoms with Gasteiger partial charge in [-0.15, -0.1) is 0 Å². The number of carbonyl (C=O) groups excluding carboxylic acids is 1. The Morgan fingerprint density at radius 1 is 1.30 bits per heavy atom. The van der Waals surface area contributed by atoms with E-state index >= 15 is 0 Å². The van der Waals surface area contributed by atoms with Crippen LogP contribution < -0.4 is 5.73 Å². The Bertz CT molecular complexity index is 415. The van der Waals surface area contributed by atoms with Crippen molar-refractivity contribution in [2.24, 2.45) is 17.6 Å². The number of nitrogens with two attached hydrogens (primary N) is 1. The van der Waals surface area contributed by atoms with Gasteiger partial charge in [-0.3, -0.25) is 4.79 Å². The van der Waals surface area contributed by atoms with Gasteiger partial charge in [0.2, 0.25) is 0 Å². The third-order valence-electron chi connectivity index (χ3n) is 4.74. The maximum atomic E-state index is 12.3. The minimum atomic E-state index is -0.00860. The Kier molecular flexibility index (Phi) is 5.78. The van der Waals surface area contributed by atoms with Crippen LogP contribution in [0.15, 0.2) is 30.3 Å². The van der Waals surface area contributed by atoms with Crippen molar-refractivity contribution >= 4 is 5.78 Å². The Hall–Kier alpha value is -1.15. The Morgan fingerprint density at radius 3 is 2.75 bits per heavy atom. The first-order valence-corrected chi connectivity index (χ1v) is 8.04. The van der Waals surface area contributed by atoms with Crippen molar-refractivity contribution in [3.63, 3.8) is 0 Å². The molecule has 1 aromatic rings. The van der Waals surface area contributed by atoms with Crippen molar-refractivity contribution < 1.29 is 4.79 Å². The fourth-order valence-electron chi connectivity index (χ4n) is 3.32. The molecule has 1 fully saturated rings. The zero-order valence-corrected chi connectivity index (χ0v) is 12.6. The van der Waals surface area contributed by atoms with Gasteiger partial charge in [0.15, 0.2) is 0 Å². The van der Waals surface area contributed by atoms with Crippen LogP contribution in [0.3, 0.4) is 0 Å². The van der Waals surface area contributed by atoms with E-state index < -0.39 is 0 Å². The number of ketones is 1. The van der Waals surface area contributed by atoms with E-state index in [0.717, 1.165) is 30.7 Å². The zero-order chi connectivity index (χ0) is 14.4. The monoisotopic (exact) mass is 273 g/mol. The minimum Gasteiger partial charge on any atom is -0.324 e. The third-order valence-corrected chi connectivity index (χ3v) is 4.74. The predicted octanol–water partition coefficient (Wildman–Crippen LogP) is 4.25. The lowest BCUT2D eigenvalue weighted by Crippen LogP contribution is -2.23. The lowest BCUT2D eigenvalue weighted by Gasteiger charge is -2.27. The van der Waals surface area contributed by atoms with Gasteiger partial charge in [-0.05, 0) is 30.7 Å².